The highest BCUT2D eigenvalue weighted by Gasteiger charge is 2.42. The molecule has 0 bridgehead atoms. The van der Waals surface area contributed by atoms with Gasteiger partial charge in [0.2, 0.25) is 16.0 Å². The first-order valence-corrected chi connectivity index (χ1v) is 9.33. The third kappa shape index (κ3) is 3.96. The molecule has 138 valence electrons. The van der Waals surface area contributed by atoms with Crippen LogP contribution in [0.5, 0.6) is 0 Å². The summed E-state index contributed by atoms with van der Waals surface area (Å²) in [5.41, 5.74) is 4.34. The van der Waals surface area contributed by atoms with E-state index in [0.29, 0.717) is 10.4 Å². The summed E-state index contributed by atoms with van der Waals surface area (Å²) >= 11 is 5.12. The molecule has 1 aliphatic heterocycles. The summed E-state index contributed by atoms with van der Waals surface area (Å²) in [6, 6.07) is 2.40. The van der Waals surface area contributed by atoms with Crippen LogP contribution >= 0.6 is 12.2 Å². The van der Waals surface area contributed by atoms with Gasteiger partial charge in [-0.2, -0.15) is 0 Å². The summed E-state index contributed by atoms with van der Waals surface area (Å²) in [7, 11) is -1.07. The number of sulfonamides is 1. The highest BCUT2D eigenvalue weighted by molar-refractivity contribution is 7.89. The fourth-order valence-electron chi connectivity index (χ4n) is 2.67. The van der Waals surface area contributed by atoms with Crippen LogP contribution in [0.1, 0.15) is 18.1 Å². The van der Waals surface area contributed by atoms with E-state index >= 15 is 0 Å². The lowest BCUT2D eigenvalue weighted by molar-refractivity contribution is 0.246. The molecule has 0 fully saturated rings. The first-order chi connectivity index (χ1) is 11.5. The molecular weight excluding hydrogens is 372 g/mol. The van der Waals surface area contributed by atoms with Crippen molar-refractivity contribution in [2.75, 3.05) is 26.5 Å². The smallest absolute Gasteiger partial charge is 0.239 e. The zero-order valence-corrected chi connectivity index (χ0v) is 15.7. The number of guanidine groups is 1. The predicted molar refractivity (Wildman–Crippen MR) is 95.1 cm³/mol. The van der Waals surface area contributed by atoms with Gasteiger partial charge in [0.05, 0.1) is 12.4 Å². The highest BCUT2D eigenvalue weighted by atomic mass is 32.2. The molecule has 0 saturated carbocycles. The lowest BCUT2D eigenvalue weighted by Crippen LogP contribution is -2.50. The fourth-order valence-corrected chi connectivity index (χ4v) is 4.40. The third-order valence-electron chi connectivity index (χ3n) is 3.94. The van der Waals surface area contributed by atoms with Crippen molar-refractivity contribution in [3.8, 4) is 0 Å². The Morgan fingerprint density at radius 2 is 2.12 bits per heavy atom. The molecule has 1 aromatic rings. The molecule has 0 unspecified atom stereocenters. The largest absolute Gasteiger partial charge is 0.379 e. The quantitative estimate of drug-likeness (QED) is 0.766. The molecule has 0 aliphatic carbocycles. The molecule has 2 rings (SSSR count). The van der Waals surface area contributed by atoms with Crippen LogP contribution in [0, 0.1) is 11.6 Å². The molecular formula is C15H19F2N3O3S2. The molecule has 1 atom stereocenters. The third-order valence-corrected chi connectivity index (χ3v) is 6.15. The SMILES string of the molecule is COCC(=S)Cc1cc(F)c(F)c([C@]2(C)CS(=O)(=O)N(C)C(N)=N2)c1. The van der Waals surface area contributed by atoms with Crippen molar-refractivity contribution in [2.24, 2.45) is 10.7 Å². The molecule has 1 aromatic carbocycles. The van der Waals surface area contributed by atoms with Crippen LogP contribution in [-0.2, 0) is 26.7 Å². The first-order valence-electron chi connectivity index (χ1n) is 7.31. The van der Waals surface area contributed by atoms with E-state index in [-0.39, 0.29) is 24.6 Å². The molecule has 0 amide bonds. The predicted octanol–water partition coefficient (Wildman–Crippen LogP) is 1.33. The first kappa shape index (κ1) is 19.7. The minimum atomic E-state index is -3.80. The minimum Gasteiger partial charge on any atom is -0.379 e. The van der Waals surface area contributed by atoms with Crippen LogP contribution in [0.2, 0.25) is 0 Å². The molecule has 0 aromatic heterocycles. The number of benzene rings is 1. The summed E-state index contributed by atoms with van der Waals surface area (Å²) in [6.45, 7) is 1.60. The van der Waals surface area contributed by atoms with Gasteiger partial charge >= 0.3 is 0 Å². The number of thiocarbonyl (C=S) groups is 1. The topological polar surface area (TPSA) is 85.0 Å². The summed E-state index contributed by atoms with van der Waals surface area (Å²) in [5, 5.41) is 0. The van der Waals surface area contributed by atoms with Gasteiger partial charge in [-0.3, -0.25) is 0 Å². The molecule has 0 spiro atoms. The van der Waals surface area contributed by atoms with E-state index in [1.54, 1.807) is 0 Å². The molecule has 25 heavy (non-hydrogen) atoms. The van der Waals surface area contributed by atoms with E-state index in [2.05, 4.69) is 4.99 Å². The Labute approximate surface area is 150 Å². The zero-order valence-electron chi connectivity index (χ0n) is 14.0. The number of nitrogens with two attached hydrogens (primary N) is 1. The van der Waals surface area contributed by atoms with E-state index in [9.17, 15) is 17.2 Å². The van der Waals surface area contributed by atoms with E-state index in [4.69, 9.17) is 22.7 Å². The molecule has 6 nitrogen and oxygen atoms in total. The van der Waals surface area contributed by atoms with Crippen LogP contribution < -0.4 is 5.73 Å². The van der Waals surface area contributed by atoms with Crippen LogP contribution in [0.25, 0.3) is 0 Å². The summed E-state index contributed by atoms with van der Waals surface area (Å²) < 4.78 is 58.7. The average Bonchev–Trinajstić information content (AvgIpc) is 2.48. The number of rotatable bonds is 5. The number of nitrogens with zero attached hydrogens (tertiary/aromatic N) is 2. The zero-order chi connectivity index (χ0) is 19.0. The summed E-state index contributed by atoms with van der Waals surface area (Å²) in [5.74, 6) is -3.06. The maximum absolute atomic E-state index is 14.4. The van der Waals surface area contributed by atoms with Crippen LogP contribution in [0.4, 0.5) is 8.78 Å². The average molecular weight is 391 g/mol. The summed E-state index contributed by atoms with van der Waals surface area (Å²) in [4.78, 5) is 4.60. The van der Waals surface area contributed by atoms with Crippen molar-refractivity contribution in [2.45, 2.75) is 18.9 Å². The van der Waals surface area contributed by atoms with Gasteiger partial charge < -0.3 is 10.5 Å². The van der Waals surface area contributed by atoms with Crippen LogP contribution in [-0.4, -0.2) is 50.1 Å². The standard InChI is InChI=1S/C15H19F2N3O3S2/c1-15(8-25(21,22)20(2)14(18)19-15)11-5-9(4-10(24)7-23-3)6-12(16)13(11)17/h5-6H,4,7-8H2,1-3H3,(H2,18,19)/t15-/m0/s1. The Hall–Kier alpha value is -1.65. The van der Waals surface area contributed by atoms with Gasteiger partial charge in [-0.25, -0.2) is 26.5 Å². The number of aliphatic imine (C=N–C) groups is 1. The van der Waals surface area contributed by atoms with E-state index < -0.39 is 32.9 Å². The molecule has 1 heterocycles. The summed E-state index contributed by atoms with van der Waals surface area (Å²) in [6.07, 6.45) is 0.190. The Balaban J connectivity index is 2.54. The van der Waals surface area contributed by atoms with Gasteiger partial charge in [-0.15, -0.1) is 0 Å². The Morgan fingerprint density at radius 3 is 2.68 bits per heavy atom. The second-order valence-electron chi connectivity index (χ2n) is 6.06. The van der Waals surface area contributed by atoms with Crippen molar-refractivity contribution in [1.29, 1.82) is 0 Å². The second kappa shape index (κ2) is 6.93. The number of hydrogen-bond acceptors (Lipinski definition) is 6. The maximum Gasteiger partial charge on any atom is 0.239 e. The van der Waals surface area contributed by atoms with Crippen LogP contribution in [0.3, 0.4) is 0 Å². The lowest BCUT2D eigenvalue weighted by atomic mass is 9.91. The fraction of sp³-hybridized carbons (Fsp3) is 0.467. The second-order valence-corrected chi connectivity index (χ2v) is 8.63. The number of ether oxygens (including phenoxy) is 1. The van der Waals surface area contributed by atoms with E-state index in [0.717, 1.165) is 10.4 Å². The molecule has 0 saturated heterocycles. The van der Waals surface area contributed by atoms with Crippen molar-refractivity contribution >= 4 is 33.1 Å². The van der Waals surface area contributed by atoms with E-state index in [1.807, 2.05) is 0 Å². The van der Waals surface area contributed by atoms with Crippen molar-refractivity contribution in [3.63, 3.8) is 0 Å². The van der Waals surface area contributed by atoms with Gasteiger partial charge in [0, 0.05) is 31.0 Å². The normalized spacial score (nSPS) is 22.6. The Bertz CT molecular complexity index is 843. The molecule has 10 heteroatoms. The molecule has 0 radical (unpaired) electrons. The molecule has 2 N–H and O–H groups in total. The van der Waals surface area contributed by atoms with Gasteiger partial charge in [-0.05, 0) is 24.6 Å². The monoisotopic (exact) mass is 391 g/mol. The van der Waals surface area contributed by atoms with Crippen molar-refractivity contribution in [1.82, 2.24) is 4.31 Å². The molecule has 1 aliphatic rings. The van der Waals surface area contributed by atoms with Crippen molar-refractivity contribution in [3.05, 3.63) is 34.9 Å². The van der Waals surface area contributed by atoms with Crippen molar-refractivity contribution < 1.29 is 21.9 Å². The number of hydrogen-bond donors (Lipinski definition) is 1. The van der Waals surface area contributed by atoms with Crippen LogP contribution in [0.15, 0.2) is 17.1 Å². The van der Waals surface area contributed by atoms with Gasteiger partial charge in [0.1, 0.15) is 5.54 Å². The lowest BCUT2D eigenvalue weighted by Gasteiger charge is -2.34. The van der Waals surface area contributed by atoms with Gasteiger partial charge in [0.15, 0.2) is 11.6 Å². The minimum absolute atomic E-state index is 0.178. The number of halogens is 2. The van der Waals surface area contributed by atoms with Gasteiger partial charge in [-0.1, -0.05) is 12.2 Å². The Morgan fingerprint density at radius 1 is 1.48 bits per heavy atom. The number of methoxy groups -OCH3 is 1. The van der Waals surface area contributed by atoms with Gasteiger partial charge in [0.25, 0.3) is 0 Å². The highest BCUT2D eigenvalue weighted by Crippen LogP contribution is 2.34. The van der Waals surface area contributed by atoms with E-state index in [1.165, 1.54) is 27.1 Å². The maximum atomic E-state index is 14.4. The Kier molecular flexibility index (Phi) is 5.45.